The summed E-state index contributed by atoms with van der Waals surface area (Å²) in [4.78, 5) is 11.1. The van der Waals surface area contributed by atoms with Crippen LogP contribution in [-0.4, -0.2) is 29.3 Å². The Morgan fingerprint density at radius 3 is 2.79 bits per heavy atom. The minimum atomic E-state index is -0.104. The summed E-state index contributed by atoms with van der Waals surface area (Å²) in [5.41, 5.74) is 0. The molecular formula is C7H12BrClN4O. The molecule has 5 nitrogen and oxygen atoms in total. The third kappa shape index (κ3) is 3.65. The summed E-state index contributed by atoms with van der Waals surface area (Å²) in [5.74, 6) is 0.447. The number of carbonyl (C=O) groups is 1. The highest BCUT2D eigenvalue weighted by molar-refractivity contribution is 9.10. The van der Waals surface area contributed by atoms with E-state index in [9.17, 15) is 4.79 Å². The number of anilines is 1. The first-order chi connectivity index (χ1) is 6.13. The number of halogens is 2. The van der Waals surface area contributed by atoms with Crippen LogP contribution < -0.4 is 10.6 Å². The van der Waals surface area contributed by atoms with Gasteiger partial charge < -0.3 is 10.6 Å². The molecule has 0 saturated carbocycles. The predicted octanol–water partition coefficient (Wildman–Crippen LogP) is 0.762. The van der Waals surface area contributed by atoms with Crippen molar-refractivity contribution in [1.82, 2.24) is 15.1 Å². The molecule has 1 aromatic rings. The molecule has 1 heterocycles. The number of hydrogen-bond donors (Lipinski definition) is 2. The molecule has 1 amide bonds. The summed E-state index contributed by atoms with van der Waals surface area (Å²) in [6.45, 7) is 0.286. The molecule has 0 aliphatic heterocycles. The Hall–Kier alpha value is -0.590. The molecule has 2 N–H and O–H groups in total. The lowest BCUT2D eigenvalue weighted by Crippen LogP contribution is -2.25. The van der Waals surface area contributed by atoms with Crippen molar-refractivity contribution >= 4 is 40.1 Å². The maximum Gasteiger partial charge on any atom is 0.239 e. The van der Waals surface area contributed by atoms with Crippen molar-refractivity contribution in [2.75, 3.05) is 18.9 Å². The molecule has 0 saturated heterocycles. The minimum absolute atomic E-state index is 0. The second-order valence-corrected chi connectivity index (χ2v) is 3.37. The molecule has 0 radical (unpaired) electrons. The zero-order valence-electron chi connectivity index (χ0n) is 7.87. The van der Waals surface area contributed by atoms with Gasteiger partial charge in [-0.05, 0) is 23.0 Å². The first-order valence-corrected chi connectivity index (χ1v) is 4.56. The van der Waals surface area contributed by atoms with E-state index >= 15 is 0 Å². The van der Waals surface area contributed by atoms with Crippen LogP contribution in [-0.2, 0) is 11.8 Å². The molecule has 80 valence electrons. The Morgan fingerprint density at radius 2 is 2.36 bits per heavy atom. The van der Waals surface area contributed by atoms with Crippen LogP contribution >= 0.6 is 28.3 Å². The molecule has 0 atom stereocenters. The van der Waals surface area contributed by atoms with Crippen molar-refractivity contribution in [1.29, 1.82) is 0 Å². The monoisotopic (exact) mass is 282 g/mol. The van der Waals surface area contributed by atoms with Gasteiger partial charge in [0.2, 0.25) is 5.91 Å². The first-order valence-electron chi connectivity index (χ1n) is 3.77. The largest absolute Gasteiger partial charge is 0.311 e. The molecule has 0 aliphatic rings. The number of aryl methyl sites for hydroxylation is 1. The fourth-order valence-corrected chi connectivity index (χ4v) is 1.15. The van der Waals surface area contributed by atoms with Crippen molar-refractivity contribution in [3.63, 3.8) is 0 Å². The van der Waals surface area contributed by atoms with Gasteiger partial charge in [0, 0.05) is 13.1 Å². The Balaban J connectivity index is 0.00000169. The molecular weight excluding hydrogens is 271 g/mol. The molecule has 0 fully saturated rings. The molecule has 0 bridgehead atoms. The SMILES string of the molecule is CNCC(=O)Nc1cc(Br)n(C)n1.Cl. The van der Waals surface area contributed by atoms with E-state index in [1.165, 1.54) is 0 Å². The lowest BCUT2D eigenvalue weighted by Gasteiger charge is -1.99. The van der Waals surface area contributed by atoms with Gasteiger partial charge in [-0.3, -0.25) is 9.48 Å². The van der Waals surface area contributed by atoms with Gasteiger partial charge in [0.1, 0.15) is 4.60 Å². The fourth-order valence-electron chi connectivity index (χ4n) is 0.853. The second kappa shape index (κ2) is 6.00. The van der Waals surface area contributed by atoms with Gasteiger partial charge in [-0.15, -0.1) is 12.4 Å². The molecule has 0 spiro atoms. The number of hydrogen-bond acceptors (Lipinski definition) is 3. The molecule has 1 aromatic heterocycles. The maximum absolute atomic E-state index is 11.1. The van der Waals surface area contributed by atoms with Crippen LogP contribution in [0.25, 0.3) is 0 Å². The van der Waals surface area contributed by atoms with Crippen LogP contribution in [0.1, 0.15) is 0 Å². The average molecular weight is 284 g/mol. The van der Waals surface area contributed by atoms with Gasteiger partial charge >= 0.3 is 0 Å². The molecule has 0 aromatic carbocycles. The van der Waals surface area contributed by atoms with Gasteiger partial charge in [-0.2, -0.15) is 5.10 Å². The first kappa shape index (κ1) is 13.4. The summed E-state index contributed by atoms with van der Waals surface area (Å²) in [5, 5.41) is 9.43. The number of aromatic nitrogens is 2. The van der Waals surface area contributed by atoms with Crippen LogP contribution in [0.2, 0.25) is 0 Å². The molecule has 0 unspecified atom stereocenters. The smallest absolute Gasteiger partial charge is 0.239 e. The lowest BCUT2D eigenvalue weighted by atomic mass is 10.5. The Labute approximate surface area is 96.8 Å². The number of amides is 1. The predicted molar refractivity (Wildman–Crippen MR) is 60.7 cm³/mol. The van der Waals surface area contributed by atoms with Crippen LogP contribution in [0, 0.1) is 0 Å². The molecule has 1 rings (SSSR count). The van der Waals surface area contributed by atoms with Gasteiger partial charge in [-0.1, -0.05) is 0 Å². The average Bonchev–Trinajstić information content (AvgIpc) is 2.31. The van der Waals surface area contributed by atoms with Crippen LogP contribution in [0.15, 0.2) is 10.7 Å². The lowest BCUT2D eigenvalue weighted by molar-refractivity contribution is -0.115. The fraction of sp³-hybridized carbons (Fsp3) is 0.429. The van der Waals surface area contributed by atoms with E-state index < -0.39 is 0 Å². The van der Waals surface area contributed by atoms with Gasteiger partial charge in [-0.25, -0.2) is 0 Å². The minimum Gasteiger partial charge on any atom is -0.311 e. The third-order valence-electron chi connectivity index (χ3n) is 1.43. The highest BCUT2D eigenvalue weighted by atomic mass is 79.9. The summed E-state index contributed by atoms with van der Waals surface area (Å²) in [7, 11) is 3.51. The molecule has 0 aliphatic carbocycles. The van der Waals surface area contributed by atoms with E-state index in [1.54, 1.807) is 24.8 Å². The number of nitrogens with one attached hydrogen (secondary N) is 2. The van der Waals surface area contributed by atoms with E-state index in [-0.39, 0.29) is 24.9 Å². The number of nitrogens with zero attached hydrogens (tertiary/aromatic N) is 2. The van der Waals surface area contributed by atoms with E-state index in [0.717, 1.165) is 4.60 Å². The number of rotatable bonds is 3. The van der Waals surface area contributed by atoms with E-state index in [1.807, 2.05) is 0 Å². The zero-order chi connectivity index (χ0) is 9.84. The highest BCUT2D eigenvalue weighted by Crippen LogP contribution is 2.13. The Bertz CT molecular complexity index is 295. The highest BCUT2D eigenvalue weighted by Gasteiger charge is 2.05. The van der Waals surface area contributed by atoms with E-state index in [0.29, 0.717) is 5.82 Å². The molecule has 14 heavy (non-hydrogen) atoms. The second-order valence-electron chi connectivity index (χ2n) is 2.55. The topological polar surface area (TPSA) is 59.0 Å². The third-order valence-corrected chi connectivity index (χ3v) is 2.17. The van der Waals surface area contributed by atoms with Crippen LogP contribution in [0.3, 0.4) is 0 Å². The van der Waals surface area contributed by atoms with E-state index in [2.05, 4.69) is 31.7 Å². The number of likely N-dealkylation sites (N-methyl/N-ethyl adjacent to an activating group) is 1. The van der Waals surface area contributed by atoms with Crippen molar-refractivity contribution in [2.45, 2.75) is 0 Å². The Morgan fingerprint density at radius 1 is 1.71 bits per heavy atom. The summed E-state index contributed by atoms with van der Waals surface area (Å²) in [6.07, 6.45) is 0. The van der Waals surface area contributed by atoms with Crippen LogP contribution in [0.4, 0.5) is 5.82 Å². The van der Waals surface area contributed by atoms with Crippen molar-refractivity contribution in [3.05, 3.63) is 10.7 Å². The Kier molecular flexibility index (Phi) is 5.75. The maximum atomic E-state index is 11.1. The van der Waals surface area contributed by atoms with Gasteiger partial charge in [0.05, 0.1) is 6.54 Å². The van der Waals surface area contributed by atoms with Crippen molar-refractivity contribution in [3.8, 4) is 0 Å². The summed E-state index contributed by atoms with van der Waals surface area (Å²) >= 11 is 3.28. The normalized spacial score (nSPS) is 9.36. The zero-order valence-corrected chi connectivity index (χ0v) is 10.3. The quantitative estimate of drug-likeness (QED) is 0.861. The van der Waals surface area contributed by atoms with Gasteiger partial charge in [0.25, 0.3) is 0 Å². The van der Waals surface area contributed by atoms with Crippen molar-refractivity contribution < 1.29 is 4.79 Å². The standard InChI is InChI=1S/C7H11BrN4O.ClH/c1-9-4-7(13)10-6-3-5(8)12(2)11-6;/h3,9H,4H2,1-2H3,(H,10,11,13);1H. The van der Waals surface area contributed by atoms with Crippen LogP contribution in [0.5, 0.6) is 0 Å². The molecule has 7 heteroatoms. The summed E-state index contributed by atoms with van der Waals surface area (Å²) < 4.78 is 2.46. The van der Waals surface area contributed by atoms with Crippen molar-refractivity contribution in [2.24, 2.45) is 7.05 Å². The van der Waals surface area contributed by atoms with E-state index in [4.69, 9.17) is 0 Å². The number of carbonyl (C=O) groups excluding carboxylic acids is 1. The van der Waals surface area contributed by atoms with Gasteiger partial charge in [0.15, 0.2) is 5.82 Å². The summed E-state index contributed by atoms with van der Waals surface area (Å²) in [6, 6.07) is 1.74.